The highest BCUT2D eigenvalue weighted by Crippen LogP contribution is 2.22. The fraction of sp³-hybridized carbons (Fsp3) is 0.263. The van der Waals surface area contributed by atoms with Gasteiger partial charge in [-0.1, -0.05) is 38.1 Å². The number of sulfonamides is 1. The SMILES string of the molecule is COC(=O)C(NS(=O)(=O)c1ccc(-c2cccc(C#N)c2)cc1)C(C)C. The van der Waals surface area contributed by atoms with Crippen molar-refractivity contribution < 1.29 is 17.9 Å². The van der Waals surface area contributed by atoms with E-state index < -0.39 is 22.0 Å². The number of esters is 1. The number of rotatable bonds is 6. The Morgan fingerprint density at radius 2 is 1.77 bits per heavy atom. The summed E-state index contributed by atoms with van der Waals surface area (Å²) in [6.07, 6.45) is 0. The van der Waals surface area contributed by atoms with Crippen LogP contribution in [0.1, 0.15) is 19.4 Å². The normalized spacial score (nSPS) is 12.4. The van der Waals surface area contributed by atoms with E-state index >= 15 is 0 Å². The van der Waals surface area contributed by atoms with Gasteiger partial charge in [-0.2, -0.15) is 9.98 Å². The summed E-state index contributed by atoms with van der Waals surface area (Å²) in [7, 11) is -2.66. The van der Waals surface area contributed by atoms with Gasteiger partial charge >= 0.3 is 5.97 Å². The molecule has 0 heterocycles. The lowest BCUT2D eigenvalue weighted by atomic mass is 10.0. The van der Waals surface area contributed by atoms with Gasteiger partial charge in [0.05, 0.1) is 23.6 Å². The number of hydrogen-bond acceptors (Lipinski definition) is 5. The molecule has 0 radical (unpaired) electrons. The molecule has 0 fully saturated rings. The van der Waals surface area contributed by atoms with E-state index in [-0.39, 0.29) is 10.8 Å². The second-order valence-electron chi connectivity index (χ2n) is 6.08. The Morgan fingerprint density at radius 3 is 2.31 bits per heavy atom. The Bertz CT molecular complexity index is 929. The molecule has 0 saturated heterocycles. The maximum absolute atomic E-state index is 12.6. The standard InChI is InChI=1S/C19H20N2O4S/c1-13(2)18(19(22)25-3)21-26(23,24)17-9-7-15(8-10-17)16-6-4-5-14(11-16)12-20/h4-11,13,18,21H,1-3H3. The highest BCUT2D eigenvalue weighted by Gasteiger charge is 2.29. The van der Waals surface area contributed by atoms with Gasteiger partial charge in [-0.25, -0.2) is 8.42 Å². The summed E-state index contributed by atoms with van der Waals surface area (Å²) in [4.78, 5) is 11.8. The van der Waals surface area contributed by atoms with Crippen LogP contribution in [0, 0.1) is 17.2 Å². The molecule has 1 N–H and O–H groups in total. The van der Waals surface area contributed by atoms with Crippen LogP contribution in [0.25, 0.3) is 11.1 Å². The van der Waals surface area contributed by atoms with Crippen LogP contribution in [0.2, 0.25) is 0 Å². The topological polar surface area (TPSA) is 96.3 Å². The van der Waals surface area contributed by atoms with Crippen molar-refractivity contribution in [2.75, 3.05) is 7.11 Å². The minimum absolute atomic E-state index is 0.0484. The molecule has 2 aromatic carbocycles. The van der Waals surface area contributed by atoms with Crippen molar-refractivity contribution in [2.24, 2.45) is 5.92 Å². The first-order chi connectivity index (χ1) is 12.3. The fourth-order valence-electron chi connectivity index (χ4n) is 2.41. The molecule has 26 heavy (non-hydrogen) atoms. The predicted octanol–water partition coefficient (Wildman–Crippen LogP) is 2.70. The molecule has 0 amide bonds. The summed E-state index contributed by atoms with van der Waals surface area (Å²) in [6.45, 7) is 3.46. The van der Waals surface area contributed by atoms with Crippen LogP contribution in [-0.4, -0.2) is 27.5 Å². The van der Waals surface area contributed by atoms with E-state index in [1.54, 1.807) is 44.2 Å². The van der Waals surface area contributed by atoms with Crippen molar-refractivity contribution in [1.29, 1.82) is 5.26 Å². The van der Waals surface area contributed by atoms with Crippen molar-refractivity contribution >= 4 is 16.0 Å². The van der Waals surface area contributed by atoms with E-state index in [0.717, 1.165) is 11.1 Å². The summed E-state index contributed by atoms with van der Waals surface area (Å²) in [6, 6.07) is 14.4. The Labute approximate surface area is 153 Å². The largest absolute Gasteiger partial charge is 0.468 e. The van der Waals surface area contributed by atoms with Gasteiger partial charge in [-0.3, -0.25) is 4.79 Å². The Kier molecular flexibility index (Phi) is 6.14. The molecule has 0 aliphatic heterocycles. The first-order valence-electron chi connectivity index (χ1n) is 7.99. The zero-order chi connectivity index (χ0) is 19.3. The molecule has 0 aromatic heterocycles. The van der Waals surface area contributed by atoms with Crippen molar-refractivity contribution in [1.82, 2.24) is 4.72 Å². The summed E-state index contributed by atoms with van der Waals surface area (Å²) in [5.41, 5.74) is 2.13. The number of carbonyl (C=O) groups is 1. The molecule has 0 bridgehead atoms. The number of ether oxygens (including phenoxy) is 1. The van der Waals surface area contributed by atoms with Crippen LogP contribution in [0.5, 0.6) is 0 Å². The summed E-state index contributed by atoms with van der Waals surface area (Å²) < 4.78 is 32.2. The number of nitrogens with one attached hydrogen (secondary N) is 1. The lowest BCUT2D eigenvalue weighted by molar-refractivity contribution is -0.143. The molecule has 7 heteroatoms. The molecule has 2 rings (SSSR count). The Balaban J connectivity index is 2.28. The zero-order valence-corrected chi connectivity index (χ0v) is 15.6. The van der Waals surface area contributed by atoms with Crippen LogP contribution < -0.4 is 4.72 Å². The third-order valence-electron chi connectivity index (χ3n) is 3.89. The molecular weight excluding hydrogens is 352 g/mol. The van der Waals surface area contributed by atoms with Crippen molar-refractivity contribution in [3.63, 3.8) is 0 Å². The summed E-state index contributed by atoms with van der Waals surface area (Å²) >= 11 is 0. The van der Waals surface area contributed by atoms with E-state index in [1.807, 2.05) is 6.07 Å². The highest BCUT2D eigenvalue weighted by molar-refractivity contribution is 7.89. The average molecular weight is 372 g/mol. The molecule has 0 saturated carbocycles. The van der Waals surface area contributed by atoms with E-state index in [4.69, 9.17) is 5.26 Å². The maximum atomic E-state index is 12.6. The molecule has 0 aliphatic rings. The minimum Gasteiger partial charge on any atom is -0.468 e. The molecule has 6 nitrogen and oxygen atoms in total. The van der Waals surface area contributed by atoms with Crippen LogP contribution in [-0.2, 0) is 19.6 Å². The first kappa shape index (κ1) is 19.6. The monoisotopic (exact) mass is 372 g/mol. The molecule has 0 spiro atoms. The number of nitrogens with zero attached hydrogens (tertiary/aromatic N) is 1. The van der Waals surface area contributed by atoms with E-state index in [9.17, 15) is 13.2 Å². The molecular formula is C19H20N2O4S. The molecule has 136 valence electrons. The third-order valence-corrected chi connectivity index (χ3v) is 5.35. The zero-order valence-electron chi connectivity index (χ0n) is 14.8. The Hall–Kier alpha value is -2.69. The lowest BCUT2D eigenvalue weighted by Gasteiger charge is -2.19. The van der Waals surface area contributed by atoms with Crippen LogP contribution >= 0.6 is 0 Å². The molecule has 0 aliphatic carbocycles. The third kappa shape index (κ3) is 4.48. The van der Waals surface area contributed by atoms with Crippen LogP contribution in [0.4, 0.5) is 0 Å². The quantitative estimate of drug-likeness (QED) is 0.787. The number of carbonyl (C=O) groups excluding carboxylic acids is 1. The number of methoxy groups -OCH3 is 1. The van der Waals surface area contributed by atoms with Crippen molar-refractivity contribution in [3.05, 3.63) is 54.1 Å². The summed E-state index contributed by atoms with van der Waals surface area (Å²) in [5, 5.41) is 8.98. The van der Waals surface area contributed by atoms with E-state index in [1.165, 1.54) is 19.2 Å². The Morgan fingerprint density at radius 1 is 1.12 bits per heavy atom. The number of nitriles is 1. The predicted molar refractivity (Wildman–Crippen MR) is 97.6 cm³/mol. The van der Waals surface area contributed by atoms with Gasteiger partial charge in [-0.05, 0) is 41.3 Å². The molecule has 2 aromatic rings. The van der Waals surface area contributed by atoms with Crippen molar-refractivity contribution in [3.8, 4) is 17.2 Å². The molecule has 1 unspecified atom stereocenters. The van der Waals surface area contributed by atoms with Crippen molar-refractivity contribution in [2.45, 2.75) is 24.8 Å². The smallest absolute Gasteiger partial charge is 0.324 e. The van der Waals surface area contributed by atoms with E-state index in [2.05, 4.69) is 15.5 Å². The van der Waals surface area contributed by atoms with Gasteiger partial charge in [0.25, 0.3) is 0 Å². The fourth-order valence-corrected chi connectivity index (χ4v) is 3.75. The second-order valence-corrected chi connectivity index (χ2v) is 7.80. The first-order valence-corrected chi connectivity index (χ1v) is 9.47. The number of hydrogen-bond donors (Lipinski definition) is 1. The van der Waals surface area contributed by atoms with Gasteiger partial charge in [0, 0.05) is 0 Å². The lowest BCUT2D eigenvalue weighted by Crippen LogP contribution is -2.44. The minimum atomic E-state index is -3.87. The average Bonchev–Trinajstić information content (AvgIpc) is 2.65. The maximum Gasteiger partial charge on any atom is 0.324 e. The van der Waals surface area contributed by atoms with Crippen LogP contribution in [0.15, 0.2) is 53.4 Å². The van der Waals surface area contributed by atoms with Gasteiger partial charge in [-0.15, -0.1) is 0 Å². The van der Waals surface area contributed by atoms with Gasteiger partial charge < -0.3 is 4.74 Å². The number of benzene rings is 2. The van der Waals surface area contributed by atoms with Gasteiger partial charge in [0.2, 0.25) is 10.0 Å². The highest BCUT2D eigenvalue weighted by atomic mass is 32.2. The summed E-state index contributed by atoms with van der Waals surface area (Å²) in [5.74, 6) is -0.890. The molecule has 1 atom stereocenters. The second kappa shape index (κ2) is 8.13. The van der Waals surface area contributed by atoms with Crippen LogP contribution in [0.3, 0.4) is 0 Å². The van der Waals surface area contributed by atoms with Gasteiger partial charge in [0.1, 0.15) is 6.04 Å². The van der Waals surface area contributed by atoms with Gasteiger partial charge in [0.15, 0.2) is 0 Å². The van der Waals surface area contributed by atoms with E-state index in [0.29, 0.717) is 5.56 Å².